The highest BCUT2D eigenvalue weighted by Crippen LogP contribution is 2.44. The van der Waals surface area contributed by atoms with E-state index in [1.807, 2.05) is 12.3 Å². The fourth-order valence-corrected chi connectivity index (χ4v) is 2.61. The summed E-state index contributed by atoms with van der Waals surface area (Å²) in [5, 5.41) is 10.2. The monoisotopic (exact) mass is 218 g/mol. The first kappa shape index (κ1) is 10.2. The second kappa shape index (κ2) is 3.54. The van der Waals surface area contributed by atoms with Gasteiger partial charge in [-0.1, -0.05) is 6.07 Å². The number of rotatable bonds is 3. The molecule has 0 bridgehead atoms. The Morgan fingerprint density at radius 1 is 1.50 bits per heavy atom. The topological polar surface area (TPSA) is 36.4 Å². The average Bonchev–Trinajstić information content (AvgIpc) is 3.02. The number of aryl methyl sites for hydroxylation is 1. The summed E-state index contributed by atoms with van der Waals surface area (Å²) in [7, 11) is 0. The third kappa shape index (κ3) is 1.74. The van der Waals surface area contributed by atoms with Gasteiger partial charge >= 0.3 is 0 Å². The molecule has 1 aromatic rings. The molecule has 1 aliphatic carbocycles. The van der Waals surface area contributed by atoms with Crippen LogP contribution in [-0.2, 0) is 6.54 Å². The third-order valence-electron chi connectivity index (χ3n) is 3.82. The molecule has 2 aliphatic rings. The molecule has 2 fully saturated rings. The Morgan fingerprint density at radius 3 is 2.88 bits per heavy atom. The lowest BCUT2D eigenvalue weighted by Gasteiger charge is -2.47. The van der Waals surface area contributed by atoms with E-state index in [2.05, 4.69) is 22.9 Å². The molecule has 1 aromatic heterocycles. The van der Waals surface area contributed by atoms with Crippen LogP contribution in [0.15, 0.2) is 18.3 Å². The fraction of sp³-hybridized carbons (Fsp3) is 0.615. The number of aliphatic hydroxyl groups is 1. The van der Waals surface area contributed by atoms with Crippen LogP contribution in [0.2, 0.25) is 0 Å². The lowest BCUT2D eigenvalue weighted by Crippen LogP contribution is -2.62. The molecule has 0 unspecified atom stereocenters. The second-order valence-electron chi connectivity index (χ2n) is 5.29. The summed E-state index contributed by atoms with van der Waals surface area (Å²) in [6.45, 7) is 4.62. The number of hydrogen-bond acceptors (Lipinski definition) is 3. The van der Waals surface area contributed by atoms with Crippen molar-refractivity contribution in [1.82, 2.24) is 9.88 Å². The number of β-amino-alcohol motifs (C(OH)–C–C–N with tert-alkyl or cyclic N) is 1. The van der Waals surface area contributed by atoms with Gasteiger partial charge in [-0.25, -0.2) is 0 Å². The summed E-state index contributed by atoms with van der Waals surface area (Å²) in [6, 6.07) is 4.06. The van der Waals surface area contributed by atoms with E-state index in [1.165, 1.54) is 18.4 Å². The molecule has 3 heteroatoms. The first-order valence-corrected chi connectivity index (χ1v) is 6.03. The molecule has 1 aliphatic heterocycles. The number of nitrogens with zero attached hydrogens (tertiary/aromatic N) is 2. The summed E-state index contributed by atoms with van der Waals surface area (Å²) in [5.74, 6) is 0.577. The maximum Gasteiger partial charge on any atom is 0.0928 e. The highest BCUT2D eigenvalue weighted by Gasteiger charge is 2.51. The van der Waals surface area contributed by atoms with Crippen LogP contribution in [-0.4, -0.2) is 33.7 Å². The molecule has 16 heavy (non-hydrogen) atoms. The van der Waals surface area contributed by atoms with E-state index in [4.69, 9.17) is 0 Å². The molecular weight excluding hydrogens is 200 g/mol. The molecule has 0 atom stereocenters. The molecule has 86 valence electrons. The molecule has 1 N–H and O–H groups in total. The van der Waals surface area contributed by atoms with Gasteiger partial charge in [-0.2, -0.15) is 0 Å². The van der Waals surface area contributed by atoms with Crippen LogP contribution in [0.4, 0.5) is 0 Å². The summed E-state index contributed by atoms with van der Waals surface area (Å²) in [4.78, 5) is 6.67. The van der Waals surface area contributed by atoms with Crippen LogP contribution in [0.5, 0.6) is 0 Å². The molecule has 3 nitrogen and oxygen atoms in total. The maximum atomic E-state index is 10.2. The molecule has 0 spiro atoms. The standard InChI is InChI=1S/C13H18N2O/c1-10-3-2-6-14-12(10)7-15-8-13(16,9-15)11-4-5-11/h2-3,6,11,16H,4-5,7-9H2,1H3. The van der Waals surface area contributed by atoms with E-state index in [0.29, 0.717) is 5.92 Å². The van der Waals surface area contributed by atoms with Gasteiger partial charge in [0.15, 0.2) is 0 Å². The second-order valence-corrected chi connectivity index (χ2v) is 5.29. The Morgan fingerprint density at radius 2 is 2.25 bits per heavy atom. The van der Waals surface area contributed by atoms with Gasteiger partial charge in [0.1, 0.15) is 0 Å². The highest BCUT2D eigenvalue weighted by molar-refractivity contribution is 5.18. The maximum absolute atomic E-state index is 10.2. The van der Waals surface area contributed by atoms with Gasteiger partial charge < -0.3 is 5.11 Å². The minimum atomic E-state index is -0.372. The molecule has 0 radical (unpaired) electrons. The van der Waals surface area contributed by atoms with Crippen molar-refractivity contribution in [1.29, 1.82) is 0 Å². The Kier molecular flexibility index (Phi) is 2.26. The Hall–Kier alpha value is -0.930. The number of pyridine rings is 1. The summed E-state index contributed by atoms with van der Waals surface area (Å²) in [5.41, 5.74) is 2.01. The number of aromatic nitrogens is 1. The van der Waals surface area contributed by atoms with Gasteiger partial charge in [-0.05, 0) is 37.3 Å². The Bertz CT molecular complexity index is 395. The first-order chi connectivity index (χ1) is 7.67. The predicted molar refractivity (Wildman–Crippen MR) is 61.9 cm³/mol. The largest absolute Gasteiger partial charge is 0.387 e. The zero-order valence-electron chi connectivity index (χ0n) is 9.69. The van der Waals surface area contributed by atoms with Gasteiger partial charge in [0, 0.05) is 25.8 Å². The van der Waals surface area contributed by atoms with Crippen molar-refractivity contribution < 1.29 is 5.11 Å². The summed E-state index contributed by atoms with van der Waals surface area (Å²) < 4.78 is 0. The van der Waals surface area contributed by atoms with E-state index < -0.39 is 0 Å². The van der Waals surface area contributed by atoms with Gasteiger partial charge in [0.25, 0.3) is 0 Å². The van der Waals surface area contributed by atoms with E-state index in [9.17, 15) is 5.11 Å². The normalized spacial score (nSPS) is 24.1. The van der Waals surface area contributed by atoms with Crippen molar-refractivity contribution in [3.05, 3.63) is 29.6 Å². The van der Waals surface area contributed by atoms with Crippen LogP contribution < -0.4 is 0 Å². The SMILES string of the molecule is Cc1cccnc1CN1CC(O)(C2CC2)C1. The molecule has 3 rings (SSSR count). The number of hydrogen-bond donors (Lipinski definition) is 1. The van der Waals surface area contributed by atoms with Gasteiger partial charge in [-0.15, -0.1) is 0 Å². The Balaban J connectivity index is 1.60. The quantitative estimate of drug-likeness (QED) is 0.832. The first-order valence-electron chi connectivity index (χ1n) is 6.03. The van der Waals surface area contributed by atoms with E-state index >= 15 is 0 Å². The van der Waals surface area contributed by atoms with E-state index in [0.717, 1.165) is 25.3 Å². The lowest BCUT2D eigenvalue weighted by molar-refractivity contribution is -0.117. The zero-order chi connectivity index (χ0) is 11.2. The molecule has 0 aromatic carbocycles. The van der Waals surface area contributed by atoms with Crippen molar-refractivity contribution in [3.63, 3.8) is 0 Å². The van der Waals surface area contributed by atoms with E-state index in [1.54, 1.807) is 0 Å². The summed E-state index contributed by atoms with van der Waals surface area (Å²) >= 11 is 0. The molecular formula is C13H18N2O. The number of likely N-dealkylation sites (tertiary alicyclic amines) is 1. The van der Waals surface area contributed by atoms with Gasteiger partial charge in [0.05, 0.1) is 11.3 Å². The summed E-state index contributed by atoms with van der Waals surface area (Å²) in [6.07, 6.45) is 4.27. The third-order valence-corrected chi connectivity index (χ3v) is 3.82. The predicted octanol–water partition coefficient (Wildman–Crippen LogP) is 1.35. The molecule has 1 saturated heterocycles. The van der Waals surface area contributed by atoms with Crippen LogP contribution in [0.3, 0.4) is 0 Å². The van der Waals surface area contributed by atoms with Crippen molar-refractivity contribution >= 4 is 0 Å². The zero-order valence-corrected chi connectivity index (χ0v) is 9.69. The highest BCUT2D eigenvalue weighted by atomic mass is 16.3. The minimum absolute atomic E-state index is 0.372. The van der Waals surface area contributed by atoms with E-state index in [-0.39, 0.29) is 5.60 Å². The molecule has 0 amide bonds. The van der Waals surface area contributed by atoms with Gasteiger partial charge in [0.2, 0.25) is 0 Å². The van der Waals surface area contributed by atoms with Crippen molar-refractivity contribution in [2.45, 2.75) is 31.9 Å². The molecule has 1 saturated carbocycles. The minimum Gasteiger partial charge on any atom is -0.387 e. The van der Waals surface area contributed by atoms with Gasteiger partial charge in [-0.3, -0.25) is 9.88 Å². The Labute approximate surface area is 96.1 Å². The smallest absolute Gasteiger partial charge is 0.0928 e. The fourth-order valence-electron chi connectivity index (χ4n) is 2.61. The van der Waals surface area contributed by atoms with Crippen LogP contribution in [0.25, 0.3) is 0 Å². The van der Waals surface area contributed by atoms with Crippen molar-refractivity contribution in [3.8, 4) is 0 Å². The lowest BCUT2D eigenvalue weighted by atomic mass is 9.88. The van der Waals surface area contributed by atoms with Crippen molar-refractivity contribution in [2.75, 3.05) is 13.1 Å². The van der Waals surface area contributed by atoms with Crippen LogP contribution in [0, 0.1) is 12.8 Å². The van der Waals surface area contributed by atoms with Crippen LogP contribution in [0.1, 0.15) is 24.1 Å². The van der Waals surface area contributed by atoms with Crippen molar-refractivity contribution in [2.24, 2.45) is 5.92 Å². The molecule has 2 heterocycles. The van der Waals surface area contributed by atoms with Crippen LogP contribution >= 0.6 is 0 Å². The average molecular weight is 218 g/mol.